The minimum atomic E-state index is -0.636. The fourth-order valence-electron chi connectivity index (χ4n) is 1.20. The van der Waals surface area contributed by atoms with Crippen LogP contribution in [0.2, 0.25) is 5.15 Å². The number of fused-ring (bicyclic) bond motifs is 1. The van der Waals surface area contributed by atoms with E-state index in [0.717, 1.165) is 10.1 Å². The highest BCUT2D eigenvalue weighted by Crippen LogP contribution is 2.21. The van der Waals surface area contributed by atoms with E-state index in [2.05, 4.69) is 5.10 Å². The number of aromatic nitrogens is 2. The molecule has 0 bridgehead atoms. The number of nitrogens with zero attached hydrogens (tertiary/aromatic N) is 2. The molecule has 1 aromatic heterocycles. The number of nitrogens with two attached hydrogens (primary N) is 1. The Morgan fingerprint density at radius 2 is 2.15 bits per heavy atom. The summed E-state index contributed by atoms with van der Waals surface area (Å²) in [7, 11) is 0. The molecule has 0 radical (unpaired) electrons. The summed E-state index contributed by atoms with van der Waals surface area (Å²) in [6, 6.07) is 6.49. The third kappa shape index (κ3) is 1.15. The Balaban J connectivity index is 2.85. The molecule has 0 spiro atoms. The first kappa shape index (κ1) is 8.07. The van der Waals surface area contributed by atoms with Gasteiger partial charge in [0.25, 0.3) is 0 Å². The van der Waals surface area contributed by atoms with Crippen LogP contribution in [0.5, 0.6) is 0 Å². The van der Waals surface area contributed by atoms with Gasteiger partial charge < -0.3 is 5.73 Å². The van der Waals surface area contributed by atoms with Crippen molar-refractivity contribution in [3.63, 3.8) is 0 Å². The average molecular weight is 196 g/mol. The van der Waals surface area contributed by atoms with Crippen LogP contribution in [-0.4, -0.2) is 15.8 Å². The predicted octanol–water partition coefficient (Wildman–Crippen LogP) is 1.62. The van der Waals surface area contributed by atoms with Crippen molar-refractivity contribution in [2.75, 3.05) is 0 Å². The number of amides is 1. The zero-order valence-corrected chi connectivity index (χ0v) is 7.32. The fourth-order valence-corrected chi connectivity index (χ4v) is 1.43. The van der Waals surface area contributed by atoms with Crippen molar-refractivity contribution < 1.29 is 4.79 Å². The largest absolute Gasteiger partial charge is 0.350 e. The van der Waals surface area contributed by atoms with E-state index in [4.69, 9.17) is 17.3 Å². The number of benzene rings is 1. The topological polar surface area (TPSA) is 60.9 Å². The van der Waals surface area contributed by atoms with Crippen molar-refractivity contribution in [3.8, 4) is 0 Å². The molecule has 1 amide bonds. The molecule has 13 heavy (non-hydrogen) atoms. The summed E-state index contributed by atoms with van der Waals surface area (Å²) in [5.41, 5.74) is 5.72. The smallest absolute Gasteiger partial charge is 0.340 e. The van der Waals surface area contributed by atoms with Gasteiger partial charge in [0.1, 0.15) is 0 Å². The van der Waals surface area contributed by atoms with Crippen LogP contribution in [0.4, 0.5) is 4.79 Å². The van der Waals surface area contributed by atoms with Gasteiger partial charge in [-0.3, -0.25) is 0 Å². The highest BCUT2D eigenvalue weighted by Gasteiger charge is 2.10. The molecule has 0 atom stereocenters. The molecular weight excluding hydrogens is 190 g/mol. The van der Waals surface area contributed by atoms with Crippen molar-refractivity contribution >= 4 is 28.5 Å². The summed E-state index contributed by atoms with van der Waals surface area (Å²) in [5.74, 6) is 0. The van der Waals surface area contributed by atoms with Crippen molar-refractivity contribution in [2.45, 2.75) is 0 Å². The zero-order chi connectivity index (χ0) is 9.42. The summed E-state index contributed by atoms with van der Waals surface area (Å²) in [5, 5.41) is 4.81. The van der Waals surface area contributed by atoms with Crippen LogP contribution in [0.25, 0.3) is 10.9 Å². The third-order valence-electron chi connectivity index (χ3n) is 1.75. The highest BCUT2D eigenvalue weighted by atomic mass is 35.5. The molecule has 0 aliphatic heterocycles. The molecule has 0 aliphatic carbocycles. The van der Waals surface area contributed by atoms with Crippen LogP contribution >= 0.6 is 11.6 Å². The first-order chi connectivity index (χ1) is 6.20. The Hall–Kier alpha value is -1.55. The lowest BCUT2D eigenvalue weighted by Gasteiger charge is -1.93. The number of carbonyl (C=O) groups excluding carboxylic acids is 1. The van der Waals surface area contributed by atoms with Gasteiger partial charge in [0, 0.05) is 5.39 Å². The van der Waals surface area contributed by atoms with Crippen LogP contribution < -0.4 is 5.73 Å². The van der Waals surface area contributed by atoms with Crippen LogP contribution in [0.15, 0.2) is 24.3 Å². The van der Waals surface area contributed by atoms with Gasteiger partial charge in [-0.05, 0) is 12.1 Å². The van der Waals surface area contributed by atoms with E-state index in [-0.39, 0.29) is 5.15 Å². The number of rotatable bonds is 0. The summed E-state index contributed by atoms with van der Waals surface area (Å²) in [4.78, 5) is 10.9. The van der Waals surface area contributed by atoms with Crippen molar-refractivity contribution in [1.82, 2.24) is 9.78 Å². The van der Waals surface area contributed by atoms with Gasteiger partial charge in [-0.2, -0.15) is 9.78 Å². The second-order valence-electron chi connectivity index (χ2n) is 2.56. The SMILES string of the molecule is NC(=O)n1nc(Cl)c2ccccc21. The van der Waals surface area contributed by atoms with Gasteiger partial charge in [-0.25, -0.2) is 4.79 Å². The van der Waals surface area contributed by atoms with Gasteiger partial charge in [-0.1, -0.05) is 23.7 Å². The molecule has 1 heterocycles. The van der Waals surface area contributed by atoms with E-state index in [9.17, 15) is 4.79 Å². The van der Waals surface area contributed by atoms with Crippen LogP contribution in [-0.2, 0) is 0 Å². The zero-order valence-electron chi connectivity index (χ0n) is 6.57. The molecule has 2 N–H and O–H groups in total. The van der Waals surface area contributed by atoms with E-state index in [1.807, 2.05) is 6.07 Å². The molecule has 0 saturated heterocycles. The maximum atomic E-state index is 10.9. The minimum Gasteiger partial charge on any atom is -0.350 e. The first-order valence-electron chi connectivity index (χ1n) is 3.63. The second kappa shape index (κ2) is 2.74. The van der Waals surface area contributed by atoms with Gasteiger partial charge in [0.15, 0.2) is 5.15 Å². The number of primary amides is 1. The maximum absolute atomic E-state index is 10.9. The average Bonchev–Trinajstić information content (AvgIpc) is 2.45. The third-order valence-corrected chi connectivity index (χ3v) is 2.03. The highest BCUT2D eigenvalue weighted by molar-refractivity contribution is 6.34. The van der Waals surface area contributed by atoms with E-state index in [1.54, 1.807) is 18.2 Å². The van der Waals surface area contributed by atoms with Crippen LogP contribution in [0, 0.1) is 0 Å². The molecule has 0 unspecified atom stereocenters. The molecular formula is C8H6ClN3O. The lowest BCUT2D eigenvalue weighted by Crippen LogP contribution is -2.20. The summed E-state index contributed by atoms with van der Waals surface area (Å²) < 4.78 is 1.08. The predicted molar refractivity (Wildman–Crippen MR) is 49.7 cm³/mol. The Bertz CT molecular complexity index is 477. The number of halogens is 1. The molecule has 0 aliphatic rings. The fraction of sp³-hybridized carbons (Fsp3) is 0. The lowest BCUT2D eigenvalue weighted by molar-refractivity contribution is 0.248. The Kier molecular flexibility index (Phi) is 1.70. The Morgan fingerprint density at radius 1 is 1.46 bits per heavy atom. The number of para-hydroxylation sites is 1. The van der Waals surface area contributed by atoms with E-state index in [1.165, 1.54) is 0 Å². The molecule has 0 saturated carbocycles. The second-order valence-corrected chi connectivity index (χ2v) is 2.92. The van der Waals surface area contributed by atoms with E-state index in [0.29, 0.717) is 5.52 Å². The number of hydrogen-bond acceptors (Lipinski definition) is 2. The summed E-state index contributed by atoms with van der Waals surface area (Å²) in [6.45, 7) is 0. The van der Waals surface area contributed by atoms with Gasteiger partial charge in [0.05, 0.1) is 5.52 Å². The number of hydrogen-bond donors (Lipinski definition) is 1. The summed E-state index contributed by atoms with van der Waals surface area (Å²) in [6.07, 6.45) is 0. The van der Waals surface area contributed by atoms with Gasteiger partial charge in [-0.15, -0.1) is 0 Å². The maximum Gasteiger partial charge on any atom is 0.340 e. The number of carbonyl (C=O) groups is 1. The van der Waals surface area contributed by atoms with Crippen molar-refractivity contribution in [2.24, 2.45) is 5.73 Å². The molecule has 66 valence electrons. The molecule has 1 aromatic carbocycles. The van der Waals surface area contributed by atoms with Gasteiger partial charge >= 0.3 is 6.03 Å². The molecule has 2 rings (SSSR count). The normalized spacial score (nSPS) is 10.5. The van der Waals surface area contributed by atoms with Crippen LogP contribution in [0.1, 0.15) is 0 Å². The Morgan fingerprint density at radius 3 is 2.85 bits per heavy atom. The summed E-state index contributed by atoms with van der Waals surface area (Å²) >= 11 is 5.78. The van der Waals surface area contributed by atoms with Crippen LogP contribution in [0.3, 0.4) is 0 Å². The molecule has 2 aromatic rings. The van der Waals surface area contributed by atoms with E-state index >= 15 is 0 Å². The first-order valence-corrected chi connectivity index (χ1v) is 4.01. The lowest BCUT2D eigenvalue weighted by atomic mass is 10.3. The van der Waals surface area contributed by atoms with Crippen molar-refractivity contribution in [3.05, 3.63) is 29.4 Å². The minimum absolute atomic E-state index is 0.286. The van der Waals surface area contributed by atoms with Crippen molar-refractivity contribution in [1.29, 1.82) is 0 Å². The molecule has 5 heteroatoms. The quantitative estimate of drug-likeness (QED) is 0.694. The van der Waals surface area contributed by atoms with Gasteiger partial charge in [0.2, 0.25) is 0 Å². The standard InChI is InChI=1S/C8H6ClN3O/c9-7-5-3-1-2-4-6(5)12(11-7)8(10)13/h1-4H,(H2,10,13). The van der Waals surface area contributed by atoms with E-state index < -0.39 is 6.03 Å². The Labute approximate surface area is 78.9 Å². The molecule has 0 fully saturated rings. The molecule has 4 nitrogen and oxygen atoms in total. The monoisotopic (exact) mass is 195 g/mol.